The summed E-state index contributed by atoms with van der Waals surface area (Å²) in [5, 5.41) is 2.75. The highest BCUT2D eigenvalue weighted by molar-refractivity contribution is 7.89. The van der Waals surface area contributed by atoms with Gasteiger partial charge in [0.2, 0.25) is 15.9 Å². The van der Waals surface area contributed by atoms with E-state index in [4.69, 9.17) is 0 Å². The molecule has 20 heavy (non-hydrogen) atoms. The monoisotopic (exact) mass is 298 g/mol. The lowest BCUT2D eigenvalue weighted by Gasteiger charge is -2.10. The van der Waals surface area contributed by atoms with Crippen LogP contribution >= 0.6 is 0 Å². The lowest BCUT2D eigenvalue weighted by Crippen LogP contribution is -2.32. The quantitative estimate of drug-likeness (QED) is 0.799. The van der Waals surface area contributed by atoms with Crippen molar-refractivity contribution in [2.45, 2.75) is 32.1 Å². The average molecular weight is 298 g/mol. The molecular formula is C14H22N2O3S. The van der Waals surface area contributed by atoms with Gasteiger partial charge in [0.05, 0.1) is 4.90 Å². The van der Waals surface area contributed by atoms with Gasteiger partial charge in [-0.15, -0.1) is 0 Å². The number of amides is 1. The molecule has 0 radical (unpaired) electrons. The Balaban J connectivity index is 2.49. The van der Waals surface area contributed by atoms with Gasteiger partial charge < -0.3 is 5.32 Å². The highest BCUT2D eigenvalue weighted by atomic mass is 32.2. The van der Waals surface area contributed by atoms with Gasteiger partial charge in [-0.05, 0) is 24.5 Å². The Morgan fingerprint density at radius 1 is 1.25 bits per heavy atom. The summed E-state index contributed by atoms with van der Waals surface area (Å²) in [6.07, 6.45) is 0.137. The molecule has 1 aromatic carbocycles. The molecular weight excluding hydrogens is 276 g/mol. The molecule has 0 saturated heterocycles. The molecule has 0 saturated carbocycles. The lowest BCUT2D eigenvalue weighted by atomic mass is 10.2. The van der Waals surface area contributed by atoms with Gasteiger partial charge in [-0.1, -0.05) is 32.0 Å². The minimum atomic E-state index is -3.55. The van der Waals surface area contributed by atoms with E-state index in [-0.39, 0.29) is 23.8 Å². The van der Waals surface area contributed by atoms with E-state index in [0.717, 1.165) is 0 Å². The molecule has 0 aliphatic carbocycles. The maximum absolute atomic E-state index is 12.1. The molecule has 5 nitrogen and oxygen atoms in total. The number of aryl methyl sites for hydroxylation is 1. The molecule has 112 valence electrons. The SMILES string of the molecule is Cc1ccccc1S(=O)(=O)NCCC(=O)NCC(C)C. The van der Waals surface area contributed by atoms with E-state index in [1.54, 1.807) is 31.2 Å². The first-order valence-electron chi connectivity index (χ1n) is 6.65. The van der Waals surface area contributed by atoms with E-state index in [9.17, 15) is 13.2 Å². The van der Waals surface area contributed by atoms with Crippen molar-refractivity contribution >= 4 is 15.9 Å². The zero-order chi connectivity index (χ0) is 15.2. The van der Waals surface area contributed by atoms with Gasteiger partial charge in [0.15, 0.2) is 0 Å². The molecule has 1 amide bonds. The van der Waals surface area contributed by atoms with E-state index in [1.807, 2.05) is 13.8 Å². The molecule has 0 unspecified atom stereocenters. The standard InChI is InChI=1S/C14H22N2O3S/c1-11(2)10-15-14(17)8-9-16-20(18,19)13-7-5-4-6-12(13)3/h4-7,11,16H,8-10H2,1-3H3,(H,15,17). The predicted molar refractivity (Wildman–Crippen MR) is 78.8 cm³/mol. The van der Waals surface area contributed by atoms with E-state index in [2.05, 4.69) is 10.0 Å². The third-order valence-corrected chi connectivity index (χ3v) is 4.36. The Morgan fingerprint density at radius 2 is 1.90 bits per heavy atom. The van der Waals surface area contributed by atoms with Gasteiger partial charge >= 0.3 is 0 Å². The minimum absolute atomic E-state index is 0.0978. The van der Waals surface area contributed by atoms with Crippen molar-refractivity contribution in [1.29, 1.82) is 0 Å². The van der Waals surface area contributed by atoms with E-state index < -0.39 is 10.0 Å². The number of nitrogens with one attached hydrogen (secondary N) is 2. The van der Waals surface area contributed by atoms with Crippen molar-refractivity contribution in [3.8, 4) is 0 Å². The van der Waals surface area contributed by atoms with Gasteiger partial charge in [-0.3, -0.25) is 4.79 Å². The second-order valence-corrected chi connectivity index (χ2v) is 6.85. The fourth-order valence-electron chi connectivity index (χ4n) is 1.64. The zero-order valence-corrected chi connectivity index (χ0v) is 13.0. The van der Waals surface area contributed by atoms with Crippen LogP contribution in [0.2, 0.25) is 0 Å². The van der Waals surface area contributed by atoms with Crippen LogP contribution in [-0.4, -0.2) is 27.4 Å². The number of carbonyl (C=O) groups is 1. The molecule has 2 N–H and O–H groups in total. The van der Waals surface area contributed by atoms with Crippen LogP contribution in [0, 0.1) is 12.8 Å². The predicted octanol–water partition coefficient (Wildman–Crippen LogP) is 1.44. The van der Waals surface area contributed by atoms with Gasteiger partial charge in [-0.2, -0.15) is 0 Å². The first kappa shape index (κ1) is 16.7. The number of carbonyl (C=O) groups excluding carboxylic acids is 1. The Bertz CT molecular complexity index is 553. The van der Waals surface area contributed by atoms with Gasteiger partial charge in [0.25, 0.3) is 0 Å². The molecule has 1 aromatic rings. The van der Waals surface area contributed by atoms with Crippen molar-refractivity contribution in [2.24, 2.45) is 5.92 Å². The summed E-state index contributed by atoms with van der Waals surface area (Å²) in [7, 11) is -3.55. The molecule has 0 aliphatic heterocycles. The van der Waals surface area contributed by atoms with E-state index in [0.29, 0.717) is 18.0 Å². The molecule has 0 atom stereocenters. The third-order valence-electron chi connectivity index (χ3n) is 2.73. The van der Waals surface area contributed by atoms with Crippen LogP contribution in [0.3, 0.4) is 0 Å². The van der Waals surface area contributed by atoms with Crippen LogP contribution in [0.25, 0.3) is 0 Å². The Morgan fingerprint density at radius 3 is 2.50 bits per heavy atom. The topological polar surface area (TPSA) is 75.3 Å². The van der Waals surface area contributed by atoms with Crippen LogP contribution < -0.4 is 10.0 Å². The van der Waals surface area contributed by atoms with Crippen LogP contribution in [0.4, 0.5) is 0 Å². The van der Waals surface area contributed by atoms with Crippen LogP contribution in [0.5, 0.6) is 0 Å². The number of benzene rings is 1. The minimum Gasteiger partial charge on any atom is -0.356 e. The number of sulfonamides is 1. The summed E-state index contributed by atoms with van der Waals surface area (Å²) in [4.78, 5) is 11.7. The van der Waals surface area contributed by atoms with Crippen molar-refractivity contribution in [2.75, 3.05) is 13.1 Å². The fourth-order valence-corrected chi connectivity index (χ4v) is 2.92. The summed E-state index contributed by atoms with van der Waals surface area (Å²) in [5.41, 5.74) is 0.684. The number of rotatable bonds is 7. The Hall–Kier alpha value is -1.40. The first-order chi connectivity index (χ1) is 9.33. The summed E-state index contributed by atoms with van der Waals surface area (Å²) >= 11 is 0. The third kappa shape index (κ3) is 5.30. The van der Waals surface area contributed by atoms with Crippen LogP contribution in [0.15, 0.2) is 29.2 Å². The highest BCUT2D eigenvalue weighted by Gasteiger charge is 2.15. The Kier molecular flexibility index (Phi) is 6.16. The summed E-state index contributed by atoms with van der Waals surface area (Å²) < 4.78 is 26.6. The number of hydrogen-bond donors (Lipinski definition) is 2. The van der Waals surface area contributed by atoms with Gasteiger partial charge in [0.1, 0.15) is 0 Å². The van der Waals surface area contributed by atoms with Gasteiger partial charge in [-0.25, -0.2) is 13.1 Å². The normalized spacial score (nSPS) is 11.6. The van der Waals surface area contributed by atoms with Crippen molar-refractivity contribution in [1.82, 2.24) is 10.0 Å². The zero-order valence-electron chi connectivity index (χ0n) is 12.1. The lowest BCUT2D eigenvalue weighted by molar-refractivity contribution is -0.121. The maximum atomic E-state index is 12.1. The van der Waals surface area contributed by atoms with E-state index >= 15 is 0 Å². The summed E-state index contributed by atoms with van der Waals surface area (Å²) in [6, 6.07) is 6.75. The number of hydrogen-bond acceptors (Lipinski definition) is 3. The van der Waals surface area contributed by atoms with Crippen molar-refractivity contribution in [3.63, 3.8) is 0 Å². The van der Waals surface area contributed by atoms with Crippen molar-refractivity contribution in [3.05, 3.63) is 29.8 Å². The fraction of sp³-hybridized carbons (Fsp3) is 0.500. The highest BCUT2D eigenvalue weighted by Crippen LogP contribution is 2.13. The Labute approximate surface area is 120 Å². The second-order valence-electron chi connectivity index (χ2n) is 5.11. The average Bonchev–Trinajstić information content (AvgIpc) is 2.36. The molecule has 0 bridgehead atoms. The molecule has 6 heteroatoms. The molecule has 0 aromatic heterocycles. The summed E-state index contributed by atoms with van der Waals surface area (Å²) in [6.45, 7) is 6.44. The maximum Gasteiger partial charge on any atom is 0.240 e. The van der Waals surface area contributed by atoms with Crippen molar-refractivity contribution < 1.29 is 13.2 Å². The molecule has 1 rings (SSSR count). The molecule has 0 fully saturated rings. The van der Waals surface area contributed by atoms with Gasteiger partial charge in [0, 0.05) is 19.5 Å². The van der Waals surface area contributed by atoms with Crippen LogP contribution in [-0.2, 0) is 14.8 Å². The first-order valence-corrected chi connectivity index (χ1v) is 8.13. The molecule has 0 heterocycles. The van der Waals surface area contributed by atoms with E-state index in [1.165, 1.54) is 0 Å². The smallest absolute Gasteiger partial charge is 0.240 e. The molecule has 0 aliphatic rings. The second kappa shape index (κ2) is 7.40. The largest absolute Gasteiger partial charge is 0.356 e. The van der Waals surface area contributed by atoms with Crippen LogP contribution in [0.1, 0.15) is 25.8 Å². The summed E-state index contributed by atoms with van der Waals surface area (Å²) in [5.74, 6) is 0.230. The molecule has 0 spiro atoms.